The predicted octanol–water partition coefficient (Wildman–Crippen LogP) is 3.49. The van der Waals surface area contributed by atoms with Gasteiger partial charge in [0, 0.05) is 6.42 Å². The highest BCUT2D eigenvalue weighted by Crippen LogP contribution is 2.27. The molecular weight excluding hydrogens is 212 g/mol. The second-order valence-corrected chi connectivity index (χ2v) is 4.99. The number of ether oxygens (including phenoxy) is 1. The van der Waals surface area contributed by atoms with Crippen molar-refractivity contribution >= 4 is 0 Å². The summed E-state index contributed by atoms with van der Waals surface area (Å²) in [5.74, 6) is 0.662. The van der Waals surface area contributed by atoms with Crippen LogP contribution in [0.1, 0.15) is 44.1 Å². The first kappa shape index (κ1) is 12.6. The average molecular weight is 234 g/mol. The summed E-state index contributed by atoms with van der Waals surface area (Å²) in [6, 6.07) is 10.0. The quantitative estimate of drug-likeness (QED) is 0.790. The standard InChI is InChI=1S/C15H22O2/c16-15(11-13-7-3-1-4-8-13)17-12-14-9-5-2-6-10-14/h2,5-6,9-10,13,15-16H,1,3-4,7-8,11-12H2. The highest BCUT2D eigenvalue weighted by atomic mass is 16.6. The van der Waals surface area contributed by atoms with Gasteiger partial charge in [0.2, 0.25) is 0 Å². The van der Waals surface area contributed by atoms with Gasteiger partial charge in [-0.3, -0.25) is 0 Å². The zero-order valence-electron chi connectivity index (χ0n) is 10.3. The van der Waals surface area contributed by atoms with Crippen LogP contribution in [0.2, 0.25) is 0 Å². The number of aliphatic hydroxyl groups excluding tert-OH is 1. The zero-order valence-corrected chi connectivity index (χ0v) is 10.3. The van der Waals surface area contributed by atoms with Crippen molar-refractivity contribution < 1.29 is 9.84 Å². The molecule has 2 heteroatoms. The lowest BCUT2D eigenvalue weighted by molar-refractivity contribution is -0.121. The van der Waals surface area contributed by atoms with E-state index in [9.17, 15) is 5.11 Å². The lowest BCUT2D eigenvalue weighted by atomic mass is 9.87. The molecule has 1 aromatic rings. The Kier molecular flexibility index (Phi) is 5.02. The Morgan fingerprint density at radius 1 is 1.12 bits per heavy atom. The number of aliphatic hydroxyl groups is 1. The van der Waals surface area contributed by atoms with Crippen molar-refractivity contribution in [3.63, 3.8) is 0 Å². The summed E-state index contributed by atoms with van der Waals surface area (Å²) < 4.78 is 5.49. The van der Waals surface area contributed by atoms with Crippen LogP contribution in [0.15, 0.2) is 30.3 Å². The molecule has 1 aromatic carbocycles. The molecule has 94 valence electrons. The van der Waals surface area contributed by atoms with Gasteiger partial charge in [0.05, 0.1) is 6.61 Å². The highest BCUT2D eigenvalue weighted by Gasteiger charge is 2.17. The molecule has 1 unspecified atom stereocenters. The predicted molar refractivity (Wildman–Crippen MR) is 68.4 cm³/mol. The van der Waals surface area contributed by atoms with Crippen LogP contribution < -0.4 is 0 Å². The molecule has 1 N–H and O–H groups in total. The van der Waals surface area contributed by atoms with Crippen molar-refractivity contribution in [1.82, 2.24) is 0 Å². The normalized spacial score (nSPS) is 19.1. The van der Waals surface area contributed by atoms with E-state index in [0.717, 1.165) is 12.0 Å². The number of rotatable bonds is 5. The first-order valence-corrected chi connectivity index (χ1v) is 6.68. The van der Waals surface area contributed by atoms with E-state index >= 15 is 0 Å². The summed E-state index contributed by atoms with van der Waals surface area (Å²) in [5.41, 5.74) is 1.12. The van der Waals surface area contributed by atoms with Gasteiger partial charge >= 0.3 is 0 Å². The van der Waals surface area contributed by atoms with E-state index in [-0.39, 0.29) is 0 Å². The average Bonchev–Trinajstić information content (AvgIpc) is 2.39. The molecule has 0 heterocycles. The molecule has 0 saturated heterocycles. The Hall–Kier alpha value is -0.860. The van der Waals surface area contributed by atoms with E-state index in [2.05, 4.69) is 0 Å². The monoisotopic (exact) mass is 234 g/mol. The van der Waals surface area contributed by atoms with Crippen LogP contribution in [0, 0.1) is 5.92 Å². The van der Waals surface area contributed by atoms with Crippen molar-refractivity contribution in [3.8, 4) is 0 Å². The molecule has 0 spiro atoms. The Labute approximate surface area is 104 Å². The van der Waals surface area contributed by atoms with Crippen LogP contribution in [0.3, 0.4) is 0 Å². The molecule has 1 fully saturated rings. The van der Waals surface area contributed by atoms with E-state index in [1.54, 1.807) is 0 Å². The molecule has 17 heavy (non-hydrogen) atoms. The van der Waals surface area contributed by atoms with Crippen LogP contribution in [0.4, 0.5) is 0 Å². The second-order valence-electron chi connectivity index (χ2n) is 4.99. The highest BCUT2D eigenvalue weighted by molar-refractivity contribution is 5.13. The van der Waals surface area contributed by atoms with Crippen molar-refractivity contribution in [2.45, 2.75) is 51.4 Å². The Morgan fingerprint density at radius 2 is 1.82 bits per heavy atom. The smallest absolute Gasteiger partial charge is 0.155 e. The summed E-state index contributed by atoms with van der Waals surface area (Å²) in [5, 5.41) is 9.84. The largest absolute Gasteiger partial charge is 0.368 e. The maximum atomic E-state index is 9.84. The Morgan fingerprint density at radius 3 is 2.53 bits per heavy atom. The minimum Gasteiger partial charge on any atom is -0.368 e. The van der Waals surface area contributed by atoms with E-state index in [1.165, 1.54) is 32.1 Å². The molecule has 2 rings (SSSR count). The molecule has 0 aromatic heterocycles. The van der Waals surface area contributed by atoms with Crippen molar-refractivity contribution in [2.75, 3.05) is 0 Å². The minimum atomic E-state index is -0.599. The number of hydrogen-bond donors (Lipinski definition) is 1. The van der Waals surface area contributed by atoms with Crippen molar-refractivity contribution in [1.29, 1.82) is 0 Å². The molecular formula is C15H22O2. The van der Waals surface area contributed by atoms with Gasteiger partial charge in [0.25, 0.3) is 0 Å². The van der Waals surface area contributed by atoms with Crippen LogP contribution in [-0.4, -0.2) is 11.4 Å². The fourth-order valence-corrected chi connectivity index (χ4v) is 2.54. The summed E-state index contributed by atoms with van der Waals surface area (Å²) in [6.07, 6.45) is 6.70. The summed E-state index contributed by atoms with van der Waals surface area (Å²) in [4.78, 5) is 0. The van der Waals surface area contributed by atoms with Crippen LogP contribution in [0.25, 0.3) is 0 Å². The summed E-state index contributed by atoms with van der Waals surface area (Å²) in [6.45, 7) is 0.509. The molecule has 0 radical (unpaired) electrons. The number of hydrogen-bond acceptors (Lipinski definition) is 2. The van der Waals surface area contributed by atoms with Crippen molar-refractivity contribution in [3.05, 3.63) is 35.9 Å². The molecule has 1 saturated carbocycles. The lowest BCUT2D eigenvalue weighted by Crippen LogP contribution is -2.18. The molecule has 1 aliphatic carbocycles. The van der Waals surface area contributed by atoms with Gasteiger partial charge < -0.3 is 9.84 Å². The van der Waals surface area contributed by atoms with Crippen LogP contribution >= 0.6 is 0 Å². The Balaban J connectivity index is 1.68. The first-order chi connectivity index (χ1) is 8.34. The third kappa shape index (κ3) is 4.49. The minimum absolute atomic E-state index is 0.509. The lowest BCUT2D eigenvalue weighted by Gasteiger charge is -2.24. The van der Waals surface area contributed by atoms with Gasteiger partial charge in [0.1, 0.15) is 0 Å². The molecule has 1 atom stereocenters. The second kappa shape index (κ2) is 6.77. The van der Waals surface area contributed by atoms with Gasteiger partial charge in [0.15, 0.2) is 6.29 Å². The van der Waals surface area contributed by atoms with Crippen LogP contribution in [0.5, 0.6) is 0 Å². The third-order valence-electron chi connectivity index (χ3n) is 3.54. The topological polar surface area (TPSA) is 29.5 Å². The molecule has 2 nitrogen and oxygen atoms in total. The maximum absolute atomic E-state index is 9.84. The fraction of sp³-hybridized carbons (Fsp3) is 0.600. The Bertz CT molecular complexity index is 304. The molecule has 1 aliphatic rings. The molecule has 0 amide bonds. The fourth-order valence-electron chi connectivity index (χ4n) is 2.54. The van der Waals surface area contributed by atoms with E-state index < -0.39 is 6.29 Å². The SMILES string of the molecule is OC(CC1CCCCC1)OCc1ccccc1. The van der Waals surface area contributed by atoms with Gasteiger partial charge in [-0.25, -0.2) is 0 Å². The summed E-state index contributed by atoms with van der Waals surface area (Å²) in [7, 11) is 0. The van der Waals surface area contributed by atoms with E-state index in [1.807, 2.05) is 30.3 Å². The van der Waals surface area contributed by atoms with Gasteiger partial charge in [-0.15, -0.1) is 0 Å². The van der Waals surface area contributed by atoms with Gasteiger partial charge in [-0.05, 0) is 11.5 Å². The van der Waals surface area contributed by atoms with E-state index in [4.69, 9.17) is 4.74 Å². The van der Waals surface area contributed by atoms with Gasteiger partial charge in [-0.1, -0.05) is 62.4 Å². The maximum Gasteiger partial charge on any atom is 0.155 e. The van der Waals surface area contributed by atoms with Crippen LogP contribution in [-0.2, 0) is 11.3 Å². The van der Waals surface area contributed by atoms with Gasteiger partial charge in [-0.2, -0.15) is 0 Å². The first-order valence-electron chi connectivity index (χ1n) is 6.68. The summed E-state index contributed by atoms with van der Waals surface area (Å²) >= 11 is 0. The zero-order chi connectivity index (χ0) is 11.9. The molecule has 0 aliphatic heterocycles. The third-order valence-corrected chi connectivity index (χ3v) is 3.54. The molecule has 0 bridgehead atoms. The van der Waals surface area contributed by atoms with E-state index in [0.29, 0.717) is 12.5 Å². The number of benzene rings is 1. The van der Waals surface area contributed by atoms with Crippen molar-refractivity contribution in [2.24, 2.45) is 5.92 Å².